The number of aryl methyl sites for hydroxylation is 1. The summed E-state index contributed by atoms with van der Waals surface area (Å²) in [7, 11) is 0. The Labute approximate surface area is 116 Å². The Bertz CT molecular complexity index is 382. The van der Waals surface area contributed by atoms with Crippen LogP contribution in [0.15, 0.2) is 24.3 Å². The van der Waals surface area contributed by atoms with Gasteiger partial charge in [0, 0.05) is 30.8 Å². The van der Waals surface area contributed by atoms with Crippen LogP contribution >= 0.6 is 0 Å². The second kappa shape index (κ2) is 6.40. The maximum atomic E-state index is 9.77. The molecule has 0 bridgehead atoms. The van der Waals surface area contributed by atoms with Crippen LogP contribution in [-0.2, 0) is 4.74 Å². The van der Waals surface area contributed by atoms with E-state index in [9.17, 15) is 5.11 Å². The van der Waals surface area contributed by atoms with Gasteiger partial charge in [-0.3, -0.25) is 0 Å². The van der Waals surface area contributed by atoms with Crippen molar-refractivity contribution in [1.82, 2.24) is 0 Å². The molecule has 1 fully saturated rings. The van der Waals surface area contributed by atoms with Gasteiger partial charge in [0.2, 0.25) is 0 Å². The largest absolute Gasteiger partial charge is 0.396 e. The molecule has 1 heterocycles. The van der Waals surface area contributed by atoms with Crippen molar-refractivity contribution in [2.24, 2.45) is 5.41 Å². The molecule has 2 rings (SSSR count). The van der Waals surface area contributed by atoms with Crippen molar-refractivity contribution >= 4 is 5.69 Å². The summed E-state index contributed by atoms with van der Waals surface area (Å²) in [6, 6.07) is 8.60. The summed E-state index contributed by atoms with van der Waals surface area (Å²) in [5.41, 5.74) is 2.41. The van der Waals surface area contributed by atoms with Crippen LogP contribution in [0.2, 0.25) is 0 Å². The van der Waals surface area contributed by atoms with Crippen molar-refractivity contribution in [3.05, 3.63) is 29.8 Å². The molecule has 0 aromatic heterocycles. The topological polar surface area (TPSA) is 32.7 Å². The number of aliphatic hydroxyl groups is 1. The van der Waals surface area contributed by atoms with Crippen LogP contribution < -0.4 is 4.90 Å². The van der Waals surface area contributed by atoms with E-state index in [1.807, 2.05) is 0 Å². The average molecular weight is 263 g/mol. The Balaban J connectivity index is 2.11. The normalized spacial score (nSPS) is 23.3. The van der Waals surface area contributed by atoms with E-state index >= 15 is 0 Å². The third kappa shape index (κ3) is 3.48. The molecule has 1 unspecified atom stereocenters. The first-order valence-corrected chi connectivity index (χ1v) is 7.19. The molecule has 0 amide bonds. The quantitative estimate of drug-likeness (QED) is 0.886. The predicted octanol–water partition coefficient (Wildman–Crippen LogP) is 2.61. The first-order chi connectivity index (χ1) is 9.19. The SMILES string of the molecule is CCN(CC1(CO)CCCOC1)c1ccc(C)cc1. The van der Waals surface area contributed by atoms with Gasteiger partial charge in [-0.2, -0.15) is 0 Å². The Kier molecular flexibility index (Phi) is 4.83. The zero-order chi connectivity index (χ0) is 13.7. The van der Waals surface area contributed by atoms with E-state index in [4.69, 9.17) is 4.74 Å². The number of hydrogen-bond donors (Lipinski definition) is 1. The molecular weight excluding hydrogens is 238 g/mol. The van der Waals surface area contributed by atoms with Crippen molar-refractivity contribution in [2.75, 3.05) is 37.8 Å². The van der Waals surface area contributed by atoms with Crippen molar-refractivity contribution in [3.63, 3.8) is 0 Å². The molecule has 0 saturated carbocycles. The molecule has 3 nitrogen and oxygen atoms in total. The molecule has 106 valence electrons. The van der Waals surface area contributed by atoms with E-state index in [0.717, 1.165) is 32.5 Å². The fraction of sp³-hybridized carbons (Fsp3) is 0.625. The lowest BCUT2D eigenvalue weighted by atomic mass is 9.82. The molecule has 1 aliphatic heterocycles. The highest BCUT2D eigenvalue weighted by Crippen LogP contribution is 2.31. The molecule has 1 aliphatic rings. The van der Waals surface area contributed by atoms with Gasteiger partial charge in [0.15, 0.2) is 0 Å². The first-order valence-electron chi connectivity index (χ1n) is 7.19. The molecule has 1 aromatic carbocycles. The fourth-order valence-corrected chi connectivity index (χ4v) is 2.76. The third-order valence-corrected chi connectivity index (χ3v) is 4.05. The van der Waals surface area contributed by atoms with Crippen LogP contribution in [0.3, 0.4) is 0 Å². The molecule has 1 atom stereocenters. The Morgan fingerprint density at radius 1 is 1.32 bits per heavy atom. The second-order valence-electron chi connectivity index (χ2n) is 5.66. The summed E-state index contributed by atoms with van der Waals surface area (Å²) in [5, 5.41) is 9.77. The van der Waals surface area contributed by atoms with E-state index in [1.165, 1.54) is 11.3 Å². The van der Waals surface area contributed by atoms with Crippen LogP contribution in [0.1, 0.15) is 25.3 Å². The number of nitrogens with zero attached hydrogens (tertiary/aromatic N) is 1. The zero-order valence-corrected chi connectivity index (χ0v) is 12.1. The van der Waals surface area contributed by atoms with Gasteiger partial charge in [-0.15, -0.1) is 0 Å². The minimum absolute atomic E-state index is 0.0981. The minimum Gasteiger partial charge on any atom is -0.396 e. The molecule has 0 spiro atoms. The number of benzene rings is 1. The van der Waals surface area contributed by atoms with E-state index in [0.29, 0.717) is 6.61 Å². The number of rotatable bonds is 5. The monoisotopic (exact) mass is 263 g/mol. The Morgan fingerprint density at radius 2 is 2.05 bits per heavy atom. The molecule has 0 radical (unpaired) electrons. The third-order valence-electron chi connectivity index (χ3n) is 4.05. The summed E-state index contributed by atoms with van der Waals surface area (Å²) in [6.07, 6.45) is 2.10. The molecule has 1 aromatic rings. The summed E-state index contributed by atoms with van der Waals surface area (Å²) < 4.78 is 5.59. The maximum Gasteiger partial charge on any atom is 0.0561 e. The van der Waals surface area contributed by atoms with Crippen molar-refractivity contribution in [2.45, 2.75) is 26.7 Å². The van der Waals surface area contributed by atoms with E-state index in [1.54, 1.807) is 0 Å². The van der Waals surface area contributed by atoms with Gasteiger partial charge in [-0.05, 0) is 38.8 Å². The second-order valence-corrected chi connectivity index (χ2v) is 5.66. The van der Waals surface area contributed by atoms with Crippen molar-refractivity contribution in [1.29, 1.82) is 0 Å². The van der Waals surface area contributed by atoms with Crippen LogP contribution in [0.5, 0.6) is 0 Å². The first kappa shape index (κ1) is 14.4. The average Bonchev–Trinajstić information content (AvgIpc) is 2.47. The number of aliphatic hydroxyl groups excluding tert-OH is 1. The van der Waals surface area contributed by atoms with Gasteiger partial charge < -0.3 is 14.7 Å². The summed E-state index contributed by atoms with van der Waals surface area (Å²) in [4.78, 5) is 2.34. The molecule has 1 saturated heterocycles. The minimum atomic E-state index is -0.0981. The summed E-state index contributed by atoms with van der Waals surface area (Å²) in [6.45, 7) is 7.78. The highest BCUT2D eigenvalue weighted by atomic mass is 16.5. The Morgan fingerprint density at radius 3 is 2.58 bits per heavy atom. The standard InChI is InChI=1S/C16H25NO2/c1-3-17(15-7-5-14(2)6-8-15)11-16(12-18)9-4-10-19-13-16/h5-8,18H,3-4,9-13H2,1-2H3. The van der Waals surface area contributed by atoms with Crippen LogP contribution in [0.25, 0.3) is 0 Å². The molecule has 19 heavy (non-hydrogen) atoms. The molecule has 3 heteroatoms. The Hall–Kier alpha value is -1.06. The highest BCUT2D eigenvalue weighted by Gasteiger charge is 2.34. The fourth-order valence-electron chi connectivity index (χ4n) is 2.76. The number of hydrogen-bond acceptors (Lipinski definition) is 3. The highest BCUT2D eigenvalue weighted by molar-refractivity contribution is 5.47. The molecule has 1 N–H and O–H groups in total. The van der Waals surface area contributed by atoms with E-state index in [-0.39, 0.29) is 12.0 Å². The van der Waals surface area contributed by atoms with Crippen molar-refractivity contribution < 1.29 is 9.84 Å². The van der Waals surface area contributed by atoms with Gasteiger partial charge in [0.05, 0.1) is 13.2 Å². The van der Waals surface area contributed by atoms with Gasteiger partial charge >= 0.3 is 0 Å². The van der Waals surface area contributed by atoms with Gasteiger partial charge in [0.25, 0.3) is 0 Å². The van der Waals surface area contributed by atoms with Gasteiger partial charge in [-0.1, -0.05) is 17.7 Å². The van der Waals surface area contributed by atoms with E-state index in [2.05, 4.69) is 43.0 Å². The van der Waals surface area contributed by atoms with E-state index < -0.39 is 0 Å². The number of ether oxygens (including phenoxy) is 1. The summed E-state index contributed by atoms with van der Waals surface area (Å²) in [5.74, 6) is 0. The predicted molar refractivity (Wildman–Crippen MR) is 78.6 cm³/mol. The summed E-state index contributed by atoms with van der Waals surface area (Å²) >= 11 is 0. The van der Waals surface area contributed by atoms with Crippen LogP contribution in [-0.4, -0.2) is 38.0 Å². The number of anilines is 1. The zero-order valence-electron chi connectivity index (χ0n) is 12.1. The lowest BCUT2D eigenvalue weighted by molar-refractivity contribution is -0.0335. The van der Waals surface area contributed by atoms with Crippen LogP contribution in [0, 0.1) is 12.3 Å². The smallest absolute Gasteiger partial charge is 0.0561 e. The van der Waals surface area contributed by atoms with Gasteiger partial charge in [0.1, 0.15) is 0 Å². The molecular formula is C16H25NO2. The van der Waals surface area contributed by atoms with Crippen LogP contribution in [0.4, 0.5) is 5.69 Å². The van der Waals surface area contributed by atoms with Crippen molar-refractivity contribution in [3.8, 4) is 0 Å². The molecule has 0 aliphatic carbocycles. The lowest BCUT2D eigenvalue weighted by Gasteiger charge is -2.40. The maximum absolute atomic E-state index is 9.77. The van der Waals surface area contributed by atoms with Gasteiger partial charge in [-0.25, -0.2) is 0 Å². The lowest BCUT2D eigenvalue weighted by Crippen LogP contribution is -2.45.